The number of aromatic amines is 1. The standard InChI is InChI=1S/C16H27N2O7P/c1-5-23-26(22,24-6-2)9-11(4)14-12(19)7-13(25-14)18-8-10(3)15(20)17-16(18)21/h8,11-14,19H,5-7,9H2,1-4H3,(H,17,20,21)/t11?,12-,13-,14?/m1/s1. The molecule has 1 fully saturated rings. The largest absolute Gasteiger partial charge is 0.390 e. The molecule has 1 saturated heterocycles. The molecule has 0 aromatic carbocycles. The summed E-state index contributed by atoms with van der Waals surface area (Å²) in [4.78, 5) is 25.7. The SMILES string of the molecule is CCOP(=O)(CC(C)C1O[C@@H](n2cc(C)c(=O)[nH]c2=O)C[C@H]1O)OCC. The van der Waals surface area contributed by atoms with Crippen LogP contribution >= 0.6 is 7.60 Å². The fourth-order valence-corrected chi connectivity index (χ4v) is 5.14. The fraction of sp³-hybridized carbons (Fsp3) is 0.750. The molecule has 0 radical (unpaired) electrons. The molecule has 2 heterocycles. The molecule has 0 amide bonds. The van der Waals surface area contributed by atoms with Crippen molar-refractivity contribution >= 4 is 7.60 Å². The minimum absolute atomic E-state index is 0.0999. The molecule has 0 aliphatic carbocycles. The first kappa shape index (κ1) is 21.1. The lowest BCUT2D eigenvalue weighted by Gasteiger charge is -2.26. The Bertz CT molecular complexity index is 765. The summed E-state index contributed by atoms with van der Waals surface area (Å²) in [5.74, 6) is -0.321. The number of hydrogen-bond acceptors (Lipinski definition) is 7. The molecule has 0 spiro atoms. The van der Waals surface area contributed by atoms with Crippen LogP contribution in [0.15, 0.2) is 15.8 Å². The maximum Gasteiger partial charge on any atom is 0.331 e. The summed E-state index contributed by atoms with van der Waals surface area (Å²) < 4.78 is 30.4. The van der Waals surface area contributed by atoms with Crippen molar-refractivity contribution in [2.45, 2.75) is 52.6 Å². The van der Waals surface area contributed by atoms with E-state index in [1.165, 1.54) is 10.8 Å². The predicted molar refractivity (Wildman–Crippen MR) is 95.5 cm³/mol. The van der Waals surface area contributed by atoms with Crippen LogP contribution in [0.25, 0.3) is 0 Å². The van der Waals surface area contributed by atoms with Gasteiger partial charge in [0.05, 0.1) is 31.6 Å². The normalized spacial score (nSPS) is 24.7. The van der Waals surface area contributed by atoms with Crippen LogP contribution < -0.4 is 11.2 Å². The third kappa shape index (κ3) is 4.72. The van der Waals surface area contributed by atoms with Crippen molar-refractivity contribution in [1.82, 2.24) is 9.55 Å². The van der Waals surface area contributed by atoms with Crippen LogP contribution in [-0.2, 0) is 18.3 Å². The highest BCUT2D eigenvalue weighted by Gasteiger charge is 2.41. The van der Waals surface area contributed by atoms with Gasteiger partial charge in [0.15, 0.2) is 0 Å². The van der Waals surface area contributed by atoms with E-state index < -0.39 is 37.3 Å². The van der Waals surface area contributed by atoms with Crippen LogP contribution in [0.1, 0.15) is 39.0 Å². The predicted octanol–water partition coefficient (Wildman–Crippen LogP) is 1.40. The number of aromatic nitrogens is 2. The van der Waals surface area contributed by atoms with E-state index in [9.17, 15) is 19.3 Å². The summed E-state index contributed by atoms with van der Waals surface area (Å²) in [5, 5.41) is 10.4. The molecule has 2 rings (SSSR count). The van der Waals surface area contributed by atoms with Crippen molar-refractivity contribution in [1.29, 1.82) is 0 Å². The second-order valence-corrected chi connectivity index (χ2v) is 8.55. The second kappa shape index (κ2) is 8.63. The molecule has 9 nitrogen and oxygen atoms in total. The zero-order valence-electron chi connectivity index (χ0n) is 15.5. The number of rotatable bonds is 8. The molecule has 4 atom stereocenters. The maximum absolute atomic E-state index is 12.7. The fourth-order valence-electron chi connectivity index (χ4n) is 3.15. The van der Waals surface area contributed by atoms with Gasteiger partial charge in [0.2, 0.25) is 0 Å². The van der Waals surface area contributed by atoms with E-state index in [4.69, 9.17) is 13.8 Å². The number of aliphatic hydroxyl groups excluding tert-OH is 1. The molecular formula is C16H27N2O7P. The molecule has 1 aliphatic rings. The summed E-state index contributed by atoms with van der Waals surface area (Å²) in [6.07, 6.45) is -0.480. The molecule has 148 valence electrons. The third-order valence-corrected chi connectivity index (χ3v) is 6.64. The van der Waals surface area contributed by atoms with Gasteiger partial charge in [0.25, 0.3) is 5.56 Å². The highest BCUT2D eigenvalue weighted by atomic mass is 31.2. The molecule has 26 heavy (non-hydrogen) atoms. The van der Waals surface area contributed by atoms with Crippen molar-refractivity contribution in [3.8, 4) is 0 Å². The topological polar surface area (TPSA) is 120 Å². The maximum atomic E-state index is 12.7. The lowest BCUT2D eigenvalue weighted by molar-refractivity contribution is -0.0435. The lowest BCUT2D eigenvalue weighted by atomic mass is 10.0. The molecule has 2 unspecified atom stereocenters. The molecule has 0 saturated carbocycles. The highest BCUT2D eigenvalue weighted by molar-refractivity contribution is 7.53. The smallest absolute Gasteiger partial charge is 0.331 e. The Hall–Kier alpha value is -1.25. The third-order valence-electron chi connectivity index (χ3n) is 4.32. The number of nitrogens with one attached hydrogen (secondary N) is 1. The van der Waals surface area contributed by atoms with Crippen LogP contribution in [-0.4, -0.2) is 46.2 Å². The molecule has 2 N–H and O–H groups in total. The molecule has 1 aliphatic heterocycles. The number of nitrogens with zero attached hydrogens (tertiary/aromatic N) is 1. The van der Waals surface area contributed by atoms with Gasteiger partial charge in [-0.3, -0.25) is 18.9 Å². The van der Waals surface area contributed by atoms with Crippen LogP contribution in [0.4, 0.5) is 0 Å². The van der Waals surface area contributed by atoms with Crippen molar-refractivity contribution in [2.75, 3.05) is 19.4 Å². The van der Waals surface area contributed by atoms with E-state index in [0.717, 1.165) is 0 Å². The Kier molecular flexibility index (Phi) is 6.99. The summed E-state index contributed by atoms with van der Waals surface area (Å²) in [5.41, 5.74) is -0.680. The van der Waals surface area contributed by atoms with Crippen molar-refractivity contribution in [3.63, 3.8) is 0 Å². The van der Waals surface area contributed by atoms with Gasteiger partial charge in [-0.25, -0.2) is 4.79 Å². The first-order chi connectivity index (χ1) is 12.2. The Morgan fingerprint density at radius 2 is 2.00 bits per heavy atom. The zero-order chi connectivity index (χ0) is 19.5. The first-order valence-corrected chi connectivity index (χ1v) is 10.5. The monoisotopic (exact) mass is 390 g/mol. The average molecular weight is 390 g/mol. The van der Waals surface area contributed by atoms with Crippen molar-refractivity contribution in [3.05, 3.63) is 32.6 Å². The van der Waals surface area contributed by atoms with E-state index in [-0.39, 0.29) is 31.7 Å². The summed E-state index contributed by atoms with van der Waals surface area (Å²) >= 11 is 0. The van der Waals surface area contributed by atoms with Gasteiger partial charge in [-0.1, -0.05) is 6.92 Å². The minimum Gasteiger partial charge on any atom is -0.390 e. The van der Waals surface area contributed by atoms with E-state index in [1.54, 1.807) is 27.7 Å². The van der Waals surface area contributed by atoms with Gasteiger partial charge in [0, 0.05) is 18.2 Å². The Labute approximate surface area is 151 Å². The molecule has 1 aromatic rings. The first-order valence-electron chi connectivity index (χ1n) is 8.74. The minimum atomic E-state index is -3.28. The number of ether oxygens (including phenoxy) is 1. The van der Waals surface area contributed by atoms with Gasteiger partial charge >= 0.3 is 13.3 Å². The van der Waals surface area contributed by atoms with Gasteiger partial charge in [0.1, 0.15) is 6.23 Å². The van der Waals surface area contributed by atoms with Gasteiger partial charge in [-0.15, -0.1) is 0 Å². The van der Waals surface area contributed by atoms with Gasteiger partial charge in [-0.05, 0) is 26.7 Å². The summed E-state index contributed by atoms with van der Waals surface area (Å²) in [6, 6.07) is 0. The van der Waals surface area contributed by atoms with E-state index in [0.29, 0.717) is 5.56 Å². The van der Waals surface area contributed by atoms with Crippen LogP contribution in [0.5, 0.6) is 0 Å². The average Bonchev–Trinajstić information content (AvgIpc) is 2.93. The number of hydrogen-bond donors (Lipinski definition) is 2. The molecule has 0 bridgehead atoms. The van der Waals surface area contributed by atoms with E-state index in [1.807, 2.05) is 0 Å². The summed E-state index contributed by atoms with van der Waals surface area (Å²) in [6.45, 7) is 7.36. The quantitative estimate of drug-likeness (QED) is 0.644. The van der Waals surface area contributed by atoms with Crippen LogP contribution in [0.2, 0.25) is 0 Å². The molecule has 1 aromatic heterocycles. The molecular weight excluding hydrogens is 363 g/mol. The van der Waals surface area contributed by atoms with Crippen LogP contribution in [0, 0.1) is 12.8 Å². The molecule has 10 heteroatoms. The number of aryl methyl sites for hydroxylation is 1. The number of H-pyrrole nitrogens is 1. The summed E-state index contributed by atoms with van der Waals surface area (Å²) in [7, 11) is -3.28. The van der Waals surface area contributed by atoms with Crippen LogP contribution in [0.3, 0.4) is 0 Å². The van der Waals surface area contributed by atoms with E-state index >= 15 is 0 Å². The Balaban J connectivity index is 2.15. The van der Waals surface area contributed by atoms with E-state index in [2.05, 4.69) is 4.98 Å². The Morgan fingerprint density at radius 3 is 2.58 bits per heavy atom. The van der Waals surface area contributed by atoms with Crippen molar-refractivity contribution in [2.24, 2.45) is 5.92 Å². The zero-order valence-corrected chi connectivity index (χ0v) is 16.4. The second-order valence-electron chi connectivity index (χ2n) is 6.44. The highest BCUT2D eigenvalue weighted by Crippen LogP contribution is 2.51. The number of aliphatic hydroxyl groups is 1. The van der Waals surface area contributed by atoms with Gasteiger partial charge in [-0.2, -0.15) is 0 Å². The van der Waals surface area contributed by atoms with Gasteiger partial charge < -0.3 is 18.9 Å². The Morgan fingerprint density at radius 1 is 1.38 bits per heavy atom. The van der Waals surface area contributed by atoms with Crippen molar-refractivity contribution < 1.29 is 23.5 Å². The lowest BCUT2D eigenvalue weighted by Crippen LogP contribution is -2.34.